The van der Waals surface area contributed by atoms with Gasteiger partial charge < -0.3 is 61.3 Å². The van der Waals surface area contributed by atoms with E-state index >= 15 is 0 Å². The third kappa shape index (κ3) is 19.1. The molecular formula is C59H73N15O5. The highest BCUT2D eigenvalue weighted by Crippen LogP contribution is 2.25. The van der Waals surface area contributed by atoms with E-state index in [9.17, 15) is 0 Å². The summed E-state index contributed by atoms with van der Waals surface area (Å²) in [7, 11) is 5.58. The van der Waals surface area contributed by atoms with Crippen molar-refractivity contribution in [3.63, 3.8) is 0 Å². The lowest BCUT2D eigenvalue weighted by Crippen LogP contribution is -2.37. The number of morpholine rings is 2. The second kappa shape index (κ2) is 31.6. The van der Waals surface area contributed by atoms with Crippen LogP contribution in [0.15, 0.2) is 146 Å². The number of hydrogen-bond donors (Lipinski definition) is 5. The van der Waals surface area contributed by atoms with Gasteiger partial charge in [0.2, 0.25) is 17.8 Å². The Morgan fingerprint density at radius 1 is 0.544 bits per heavy atom. The lowest BCUT2D eigenvalue weighted by atomic mass is 10.1. The number of ether oxygens (including phenoxy) is 4. The number of nitrogens with one attached hydrogen (secondary N) is 1. The Bertz CT molecular complexity index is 3010. The quantitative estimate of drug-likeness (QED) is 0.0601. The molecule has 0 bridgehead atoms. The second-order valence-electron chi connectivity index (χ2n) is 18.5. The van der Waals surface area contributed by atoms with Crippen molar-refractivity contribution in [3.05, 3.63) is 191 Å². The van der Waals surface area contributed by atoms with Gasteiger partial charge in [-0.25, -0.2) is 24.9 Å². The molecule has 4 aromatic carbocycles. The number of nitrogens with zero attached hydrogens (tertiary/aromatic N) is 11. The number of nitrogen functional groups attached to an aromatic ring is 3. The molecule has 0 amide bonds. The van der Waals surface area contributed by atoms with Crippen LogP contribution in [0.4, 0.5) is 41.1 Å². The van der Waals surface area contributed by atoms with Gasteiger partial charge in [-0.05, 0) is 34.4 Å². The molecule has 0 radical (unpaired) electrons. The maximum atomic E-state index is 8.62. The molecule has 414 valence electrons. The van der Waals surface area contributed by atoms with E-state index in [0.29, 0.717) is 50.8 Å². The predicted molar refractivity (Wildman–Crippen MR) is 312 cm³/mol. The van der Waals surface area contributed by atoms with Crippen LogP contribution in [0.25, 0.3) is 0 Å². The summed E-state index contributed by atoms with van der Waals surface area (Å²) in [6.45, 7) is 7.83. The van der Waals surface area contributed by atoms with E-state index in [0.717, 1.165) is 116 Å². The molecule has 2 fully saturated rings. The Morgan fingerprint density at radius 3 is 1.46 bits per heavy atom. The molecule has 2 saturated heterocycles. The third-order valence-corrected chi connectivity index (χ3v) is 12.5. The molecule has 10 rings (SSSR count). The van der Waals surface area contributed by atoms with Crippen LogP contribution in [-0.2, 0) is 39.9 Å². The van der Waals surface area contributed by atoms with Crippen molar-refractivity contribution in [2.75, 3.05) is 137 Å². The minimum Gasteiger partial charge on any atom is -0.497 e. The van der Waals surface area contributed by atoms with Crippen LogP contribution in [-0.4, -0.2) is 145 Å². The zero-order valence-corrected chi connectivity index (χ0v) is 45.4. The van der Waals surface area contributed by atoms with Crippen LogP contribution in [0.5, 0.6) is 5.75 Å². The van der Waals surface area contributed by atoms with Crippen molar-refractivity contribution < 1.29 is 24.1 Å². The Balaban J connectivity index is 0.000000153. The van der Waals surface area contributed by atoms with Gasteiger partial charge in [0.25, 0.3) is 0 Å². The summed E-state index contributed by atoms with van der Waals surface area (Å²) in [5.74, 6) is 5.34. The number of hydrogen-bond acceptors (Lipinski definition) is 20. The van der Waals surface area contributed by atoms with Gasteiger partial charge in [-0.3, -0.25) is 0 Å². The summed E-state index contributed by atoms with van der Waals surface area (Å²) in [6, 6.07) is 38.8. The van der Waals surface area contributed by atoms with Crippen molar-refractivity contribution in [1.29, 1.82) is 0 Å². The lowest BCUT2D eigenvalue weighted by Gasteiger charge is -2.29. The molecular weight excluding hydrogens is 999 g/mol. The van der Waals surface area contributed by atoms with Crippen molar-refractivity contribution in [1.82, 2.24) is 39.9 Å². The summed E-state index contributed by atoms with van der Waals surface area (Å²) >= 11 is 0. The molecule has 2 aliphatic rings. The molecule has 20 heteroatoms. The Morgan fingerprint density at radius 2 is 0.987 bits per heavy atom. The number of methoxy groups -OCH3 is 1. The third-order valence-electron chi connectivity index (χ3n) is 12.5. The summed E-state index contributed by atoms with van der Waals surface area (Å²) < 4.78 is 21.2. The summed E-state index contributed by atoms with van der Waals surface area (Å²) in [5.41, 5.74) is 26.3. The first kappa shape index (κ1) is 58.1. The molecule has 0 unspecified atom stereocenters. The van der Waals surface area contributed by atoms with Gasteiger partial charge in [0.15, 0.2) is 0 Å². The number of nitrogens with two attached hydrogens (primary N) is 3. The van der Waals surface area contributed by atoms with E-state index in [1.54, 1.807) is 13.3 Å². The summed E-state index contributed by atoms with van der Waals surface area (Å²) in [6.07, 6.45) is 12.0. The first-order valence-corrected chi connectivity index (χ1v) is 26.3. The van der Waals surface area contributed by atoms with Crippen molar-refractivity contribution >= 4 is 41.1 Å². The van der Waals surface area contributed by atoms with E-state index in [-0.39, 0.29) is 6.61 Å². The first-order valence-electron chi connectivity index (χ1n) is 26.3. The van der Waals surface area contributed by atoms with Gasteiger partial charge in [0.1, 0.15) is 35.3 Å². The average molecular weight is 1070 g/mol. The van der Waals surface area contributed by atoms with Gasteiger partial charge in [0.05, 0.1) is 53.4 Å². The molecule has 0 aliphatic carbocycles. The summed E-state index contributed by atoms with van der Waals surface area (Å²) in [5, 5.41) is 11.9. The van der Waals surface area contributed by atoms with Gasteiger partial charge in [-0.1, -0.05) is 103 Å². The Kier molecular flexibility index (Phi) is 23.3. The second-order valence-corrected chi connectivity index (χ2v) is 18.5. The standard InChI is InChI=1S/C16H20N4O2.C15H18N4O.C15H19N3O2.C13H16N4/c1-21-14-4-2-12(3-5-14)10-13-11-18-16(17)19-15(13)20-6-8-22-9-7-20;16-15-17-11-13(10-12-4-2-1-3-5-12)14(18-15)19-6-8-20-9-7-19;19-7-9-20-8-6-17-15-14(11-16-12-18-15)10-13-4-2-1-3-5-13;1-17(2)12-11(9-15-13(14)16-12)8-10-6-4-3-5-7-10/h2-5,11H,6-10H2,1H3,(H2,17,18,19);1-5,11H,6-10H2,(H2,16,17,18);1-5,11-12,19H,6-10H2,(H,16,17,18);3-7,9H,8H2,1-2H3,(H2,14,15,16). The zero-order valence-electron chi connectivity index (χ0n) is 45.4. The Hall–Kier alpha value is -8.56. The first-order chi connectivity index (χ1) is 38.6. The van der Waals surface area contributed by atoms with Crippen LogP contribution < -0.4 is 42.0 Å². The fraction of sp³-hybridized carbons (Fsp3) is 0.322. The van der Waals surface area contributed by atoms with Crippen molar-refractivity contribution in [3.8, 4) is 5.75 Å². The highest BCUT2D eigenvalue weighted by Gasteiger charge is 2.19. The zero-order chi connectivity index (χ0) is 55.4. The largest absolute Gasteiger partial charge is 0.497 e. The van der Waals surface area contributed by atoms with Crippen LogP contribution in [0.2, 0.25) is 0 Å². The smallest absolute Gasteiger partial charge is 0.221 e. The van der Waals surface area contributed by atoms with E-state index in [1.165, 1.54) is 28.6 Å². The van der Waals surface area contributed by atoms with Crippen LogP contribution in [0.1, 0.15) is 44.5 Å². The number of aliphatic hydroxyl groups excluding tert-OH is 1. The molecule has 2 aliphatic heterocycles. The van der Waals surface area contributed by atoms with E-state index < -0.39 is 0 Å². The minimum absolute atomic E-state index is 0.0484. The number of aliphatic hydroxyl groups is 1. The molecule has 0 spiro atoms. The highest BCUT2D eigenvalue weighted by atomic mass is 16.5. The molecule has 0 saturated carbocycles. The molecule has 8 N–H and O–H groups in total. The molecule has 20 nitrogen and oxygen atoms in total. The Labute approximate surface area is 463 Å². The van der Waals surface area contributed by atoms with Gasteiger partial charge in [0, 0.05) is 120 Å². The highest BCUT2D eigenvalue weighted by molar-refractivity contribution is 5.53. The maximum Gasteiger partial charge on any atom is 0.221 e. The molecule has 8 aromatic rings. The van der Waals surface area contributed by atoms with E-state index in [2.05, 4.69) is 104 Å². The number of benzene rings is 4. The maximum absolute atomic E-state index is 8.62. The van der Waals surface area contributed by atoms with Crippen LogP contribution in [0, 0.1) is 0 Å². The SMILES string of the molecule is CN(C)c1nc(N)ncc1Cc1ccccc1.COc1ccc(Cc2cnc(N)nc2N2CCOCC2)cc1.Nc1ncc(Cc2ccccc2)c(N2CCOCC2)n1.OCCOCCNc1ncncc1Cc1ccccc1. The molecule has 0 atom stereocenters. The summed E-state index contributed by atoms with van der Waals surface area (Å²) in [4.78, 5) is 40.2. The fourth-order valence-corrected chi connectivity index (χ4v) is 8.56. The number of anilines is 7. The normalized spacial score (nSPS) is 12.9. The lowest BCUT2D eigenvalue weighted by molar-refractivity contribution is 0.0992. The van der Waals surface area contributed by atoms with Crippen molar-refractivity contribution in [2.24, 2.45) is 0 Å². The van der Waals surface area contributed by atoms with E-state index in [1.807, 2.05) is 104 Å². The molecule has 4 aromatic heterocycles. The van der Waals surface area contributed by atoms with Gasteiger partial charge in [-0.2, -0.15) is 15.0 Å². The van der Waals surface area contributed by atoms with Crippen LogP contribution >= 0.6 is 0 Å². The molecule has 79 heavy (non-hydrogen) atoms. The topological polar surface area (TPSA) is 260 Å². The minimum atomic E-state index is 0.0484. The average Bonchev–Trinajstić information content (AvgIpc) is 3.49. The molecule has 6 heterocycles. The number of rotatable bonds is 18. The van der Waals surface area contributed by atoms with Gasteiger partial charge in [-0.15, -0.1) is 0 Å². The van der Waals surface area contributed by atoms with Crippen molar-refractivity contribution in [2.45, 2.75) is 25.7 Å². The van der Waals surface area contributed by atoms with E-state index in [4.69, 9.17) is 41.3 Å². The predicted octanol–water partition coefficient (Wildman–Crippen LogP) is 6.18. The van der Waals surface area contributed by atoms with Crippen LogP contribution in [0.3, 0.4) is 0 Å². The van der Waals surface area contributed by atoms with Gasteiger partial charge >= 0.3 is 0 Å². The fourth-order valence-electron chi connectivity index (χ4n) is 8.56. The monoisotopic (exact) mass is 1070 g/mol. The number of aromatic nitrogens is 8.